The molecule has 0 aliphatic carbocycles. The lowest BCUT2D eigenvalue weighted by molar-refractivity contribution is 0.0939. The van der Waals surface area contributed by atoms with E-state index in [1.807, 2.05) is 60.7 Å². The maximum absolute atomic E-state index is 13.3. The number of ether oxygens (including phenoxy) is 3. The molecule has 0 atom stereocenters. The normalized spacial score (nSPS) is 10.8. The Bertz CT molecular complexity index is 1150. The van der Waals surface area contributed by atoms with E-state index in [9.17, 15) is 4.79 Å². The van der Waals surface area contributed by atoms with E-state index in [-0.39, 0.29) is 11.9 Å². The molecule has 6 heteroatoms. The van der Waals surface area contributed by atoms with E-state index in [1.54, 1.807) is 33.5 Å². The molecular formula is C25H24N2O4. The van der Waals surface area contributed by atoms with Gasteiger partial charge < -0.3 is 24.5 Å². The molecule has 4 aromatic rings. The SMILES string of the molecule is COc1cc(OC)c2cc(C(=O)NC(c3ccccc3)c3ccccc3)[nH]c2c1OC. The van der Waals surface area contributed by atoms with Crippen molar-refractivity contribution in [2.75, 3.05) is 21.3 Å². The Hall–Kier alpha value is -3.93. The topological polar surface area (TPSA) is 72.6 Å². The zero-order chi connectivity index (χ0) is 21.8. The zero-order valence-electron chi connectivity index (χ0n) is 17.6. The van der Waals surface area contributed by atoms with Crippen LogP contribution in [0.2, 0.25) is 0 Å². The van der Waals surface area contributed by atoms with E-state index in [1.165, 1.54) is 0 Å². The van der Waals surface area contributed by atoms with Gasteiger partial charge in [0.1, 0.15) is 11.4 Å². The number of aromatic amines is 1. The van der Waals surface area contributed by atoms with Gasteiger partial charge >= 0.3 is 0 Å². The van der Waals surface area contributed by atoms with Crippen molar-refractivity contribution in [3.05, 3.63) is 89.6 Å². The number of rotatable bonds is 7. The second-order valence-corrected chi connectivity index (χ2v) is 7.01. The maximum atomic E-state index is 13.3. The number of H-pyrrole nitrogens is 1. The number of hydrogen-bond acceptors (Lipinski definition) is 4. The van der Waals surface area contributed by atoms with Crippen LogP contribution < -0.4 is 19.5 Å². The van der Waals surface area contributed by atoms with E-state index in [2.05, 4.69) is 10.3 Å². The average Bonchev–Trinajstić information content (AvgIpc) is 3.28. The minimum atomic E-state index is -0.292. The monoisotopic (exact) mass is 416 g/mol. The highest BCUT2D eigenvalue weighted by Gasteiger charge is 2.22. The van der Waals surface area contributed by atoms with Crippen molar-refractivity contribution in [1.29, 1.82) is 0 Å². The molecule has 0 aliphatic rings. The molecule has 0 fully saturated rings. The minimum absolute atomic E-state index is 0.239. The zero-order valence-corrected chi connectivity index (χ0v) is 17.6. The van der Waals surface area contributed by atoms with Crippen LogP contribution in [0.15, 0.2) is 72.8 Å². The highest BCUT2D eigenvalue weighted by molar-refractivity contribution is 6.02. The van der Waals surface area contributed by atoms with Crippen LogP contribution in [0.4, 0.5) is 0 Å². The first kappa shape index (κ1) is 20.3. The summed E-state index contributed by atoms with van der Waals surface area (Å²) in [5.74, 6) is 1.38. The van der Waals surface area contributed by atoms with Crippen LogP contribution in [0, 0.1) is 0 Å². The smallest absolute Gasteiger partial charge is 0.268 e. The highest BCUT2D eigenvalue weighted by Crippen LogP contribution is 2.41. The van der Waals surface area contributed by atoms with Gasteiger partial charge in [-0.25, -0.2) is 0 Å². The maximum Gasteiger partial charge on any atom is 0.268 e. The molecule has 31 heavy (non-hydrogen) atoms. The summed E-state index contributed by atoms with van der Waals surface area (Å²) >= 11 is 0. The molecular weight excluding hydrogens is 392 g/mol. The Morgan fingerprint density at radius 3 is 1.90 bits per heavy atom. The molecule has 1 amide bonds. The predicted molar refractivity (Wildman–Crippen MR) is 120 cm³/mol. The van der Waals surface area contributed by atoms with Crippen LogP contribution in [0.1, 0.15) is 27.7 Å². The first-order chi connectivity index (χ1) is 15.2. The Kier molecular flexibility index (Phi) is 5.80. The molecule has 1 aromatic heterocycles. The predicted octanol–water partition coefficient (Wildman–Crippen LogP) is 4.71. The third-order valence-corrected chi connectivity index (χ3v) is 5.23. The number of carbonyl (C=O) groups is 1. The van der Waals surface area contributed by atoms with Crippen molar-refractivity contribution in [3.8, 4) is 17.2 Å². The molecule has 4 rings (SSSR count). The summed E-state index contributed by atoms with van der Waals surface area (Å²) in [4.78, 5) is 16.4. The summed E-state index contributed by atoms with van der Waals surface area (Å²) in [6.07, 6.45) is 0. The van der Waals surface area contributed by atoms with Gasteiger partial charge in [-0.15, -0.1) is 0 Å². The molecule has 0 saturated carbocycles. The lowest BCUT2D eigenvalue weighted by Crippen LogP contribution is -2.29. The lowest BCUT2D eigenvalue weighted by Gasteiger charge is -2.19. The number of amides is 1. The van der Waals surface area contributed by atoms with E-state index >= 15 is 0 Å². The number of nitrogens with one attached hydrogen (secondary N) is 2. The number of fused-ring (bicyclic) bond motifs is 1. The highest BCUT2D eigenvalue weighted by atomic mass is 16.5. The van der Waals surface area contributed by atoms with Gasteiger partial charge in [-0.3, -0.25) is 4.79 Å². The molecule has 0 unspecified atom stereocenters. The Balaban J connectivity index is 1.74. The van der Waals surface area contributed by atoms with Crippen LogP contribution in [0.5, 0.6) is 17.2 Å². The summed E-state index contributed by atoms with van der Waals surface area (Å²) in [6, 6.07) is 23.0. The standard InChI is InChI=1S/C25H24N2O4/c1-29-20-15-21(30-2)24(31-3)23-18(20)14-19(26-23)25(28)27-22(16-10-6-4-7-11-16)17-12-8-5-9-13-17/h4-15,22,26H,1-3H3,(H,27,28). The molecule has 2 N–H and O–H groups in total. The second kappa shape index (κ2) is 8.83. The lowest BCUT2D eigenvalue weighted by atomic mass is 9.98. The molecule has 158 valence electrons. The largest absolute Gasteiger partial charge is 0.496 e. The quantitative estimate of drug-likeness (QED) is 0.458. The minimum Gasteiger partial charge on any atom is -0.496 e. The molecule has 0 saturated heterocycles. The number of benzene rings is 3. The van der Waals surface area contributed by atoms with Crippen LogP contribution in [0.3, 0.4) is 0 Å². The summed E-state index contributed by atoms with van der Waals surface area (Å²) in [7, 11) is 4.70. The van der Waals surface area contributed by atoms with E-state index < -0.39 is 0 Å². The third kappa shape index (κ3) is 3.92. The van der Waals surface area contributed by atoms with Gasteiger partial charge in [0.2, 0.25) is 0 Å². The van der Waals surface area contributed by atoms with Gasteiger partial charge in [-0.1, -0.05) is 60.7 Å². The second-order valence-electron chi connectivity index (χ2n) is 7.01. The number of carbonyl (C=O) groups excluding carboxylic acids is 1. The number of methoxy groups -OCH3 is 3. The summed E-state index contributed by atoms with van der Waals surface area (Å²) in [6.45, 7) is 0. The van der Waals surface area contributed by atoms with Gasteiger partial charge in [-0.05, 0) is 17.2 Å². The van der Waals surface area contributed by atoms with Gasteiger partial charge in [0.15, 0.2) is 11.5 Å². The third-order valence-electron chi connectivity index (χ3n) is 5.23. The van der Waals surface area contributed by atoms with Crippen molar-refractivity contribution >= 4 is 16.8 Å². The van der Waals surface area contributed by atoms with Crippen LogP contribution in [-0.4, -0.2) is 32.2 Å². The van der Waals surface area contributed by atoms with E-state index in [0.717, 1.165) is 16.5 Å². The van der Waals surface area contributed by atoms with Crippen LogP contribution >= 0.6 is 0 Å². The van der Waals surface area contributed by atoms with Crippen molar-refractivity contribution in [2.45, 2.75) is 6.04 Å². The fourth-order valence-electron chi connectivity index (χ4n) is 3.72. The summed E-state index contributed by atoms with van der Waals surface area (Å²) in [5.41, 5.74) is 3.03. The molecule has 0 aliphatic heterocycles. The average molecular weight is 416 g/mol. The summed E-state index contributed by atoms with van der Waals surface area (Å²) < 4.78 is 16.4. The van der Waals surface area contributed by atoms with Gasteiger partial charge in [0.25, 0.3) is 5.91 Å². The first-order valence-corrected chi connectivity index (χ1v) is 9.88. The van der Waals surface area contributed by atoms with E-state index in [4.69, 9.17) is 14.2 Å². The first-order valence-electron chi connectivity index (χ1n) is 9.88. The Morgan fingerprint density at radius 1 is 0.806 bits per heavy atom. The van der Waals surface area contributed by atoms with Gasteiger partial charge in [0.05, 0.1) is 32.9 Å². The van der Waals surface area contributed by atoms with Gasteiger partial charge in [-0.2, -0.15) is 0 Å². The van der Waals surface area contributed by atoms with E-state index in [0.29, 0.717) is 28.5 Å². The molecule has 0 spiro atoms. The number of hydrogen-bond donors (Lipinski definition) is 2. The Labute approximate surface area is 180 Å². The van der Waals surface area contributed by atoms with Crippen LogP contribution in [0.25, 0.3) is 10.9 Å². The molecule has 0 bridgehead atoms. The van der Waals surface area contributed by atoms with Crippen molar-refractivity contribution in [1.82, 2.24) is 10.3 Å². The fourth-order valence-corrected chi connectivity index (χ4v) is 3.72. The Morgan fingerprint density at radius 2 is 1.39 bits per heavy atom. The molecule has 6 nitrogen and oxygen atoms in total. The molecule has 0 radical (unpaired) electrons. The molecule has 1 heterocycles. The van der Waals surface area contributed by atoms with Crippen molar-refractivity contribution in [3.63, 3.8) is 0 Å². The summed E-state index contributed by atoms with van der Waals surface area (Å²) in [5, 5.41) is 3.88. The van der Waals surface area contributed by atoms with Crippen LogP contribution in [-0.2, 0) is 0 Å². The number of aromatic nitrogens is 1. The fraction of sp³-hybridized carbons (Fsp3) is 0.160. The van der Waals surface area contributed by atoms with Crippen molar-refractivity contribution in [2.24, 2.45) is 0 Å². The molecule has 3 aromatic carbocycles. The van der Waals surface area contributed by atoms with Crippen molar-refractivity contribution < 1.29 is 19.0 Å². The van der Waals surface area contributed by atoms with Gasteiger partial charge in [0, 0.05) is 11.5 Å².